The van der Waals surface area contributed by atoms with Crippen molar-refractivity contribution in [3.05, 3.63) is 29.8 Å². The Balaban J connectivity index is 1.48. The molecule has 1 atom stereocenters. The van der Waals surface area contributed by atoms with Crippen molar-refractivity contribution in [2.45, 2.75) is 25.3 Å². The van der Waals surface area contributed by atoms with Crippen LogP contribution in [0.1, 0.15) is 19.3 Å². The number of halogens is 2. The fraction of sp³-hybridized carbons (Fsp3) is 0.562. The van der Waals surface area contributed by atoms with Crippen LogP contribution in [0.2, 0.25) is 0 Å². The first-order chi connectivity index (χ1) is 10.6. The fourth-order valence-electron chi connectivity index (χ4n) is 2.86. The van der Waals surface area contributed by atoms with Gasteiger partial charge in [0.25, 0.3) is 0 Å². The molecule has 120 valence electrons. The Morgan fingerprint density at radius 2 is 1.95 bits per heavy atom. The van der Waals surface area contributed by atoms with E-state index in [-0.39, 0.29) is 17.6 Å². The first-order valence-corrected chi connectivity index (χ1v) is 7.82. The quantitative estimate of drug-likeness (QED) is 0.840. The topological polar surface area (TPSA) is 44.4 Å². The van der Waals surface area contributed by atoms with Crippen molar-refractivity contribution >= 4 is 11.6 Å². The number of amides is 1. The van der Waals surface area contributed by atoms with Crippen molar-refractivity contribution in [3.63, 3.8) is 0 Å². The van der Waals surface area contributed by atoms with Gasteiger partial charge in [0.15, 0.2) is 0 Å². The number of nitrogens with one attached hydrogen (secondary N) is 2. The van der Waals surface area contributed by atoms with E-state index in [0.717, 1.165) is 12.5 Å². The van der Waals surface area contributed by atoms with Gasteiger partial charge < -0.3 is 15.5 Å². The molecular weight excluding hydrogens is 288 g/mol. The average Bonchev–Trinajstić information content (AvgIpc) is 3.18. The molecule has 2 N–H and O–H groups in total. The minimum absolute atomic E-state index is 0.00565. The van der Waals surface area contributed by atoms with Gasteiger partial charge >= 0.3 is 0 Å². The summed E-state index contributed by atoms with van der Waals surface area (Å²) < 4.78 is 27.5. The van der Waals surface area contributed by atoms with E-state index in [2.05, 4.69) is 10.6 Å². The summed E-state index contributed by atoms with van der Waals surface area (Å²) >= 11 is 0. The second kappa shape index (κ2) is 6.60. The van der Waals surface area contributed by atoms with E-state index in [0.29, 0.717) is 26.1 Å². The second-order valence-electron chi connectivity index (χ2n) is 6.14. The zero-order valence-electron chi connectivity index (χ0n) is 12.4. The summed E-state index contributed by atoms with van der Waals surface area (Å²) in [5.74, 6) is -0.434. The molecule has 22 heavy (non-hydrogen) atoms. The van der Waals surface area contributed by atoms with Crippen molar-refractivity contribution in [1.82, 2.24) is 10.6 Å². The number of hydrogen-bond donors (Lipinski definition) is 2. The molecule has 1 saturated heterocycles. The average molecular weight is 309 g/mol. The Morgan fingerprint density at radius 1 is 1.23 bits per heavy atom. The van der Waals surface area contributed by atoms with Crippen LogP contribution in [0.25, 0.3) is 0 Å². The van der Waals surface area contributed by atoms with Crippen molar-refractivity contribution in [2.24, 2.45) is 5.92 Å². The van der Waals surface area contributed by atoms with Gasteiger partial charge in [0.2, 0.25) is 5.91 Å². The first kappa shape index (κ1) is 15.2. The highest BCUT2D eigenvalue weighted by molar-refractivity contribution is 5.78. The lowest BCUT2D eigenvalue weighted by Gasteiger charge is -2.20. The molecule has 1 aliphatic carbocycles. The molecule has 1 amide bonds. The summed E-state index contributed by atoms with van der Waals surface area (Å²) in [7, 11) is 0. The lowest BCUT2D eigenvalue weighted by Crippen LogP contribution is -2.42. The summed E-state index contributed by atoms with van der Waals surface area (Å²) in [4.78, 5) is 13.5. The van der Waals surface area contributed by atoms with Crippen LogP contribution in [0, 0.1) is 17.6 Å². The maximum absolute atomic E-state index is 13.8. The molecule has 1 unspecified atom stereocenters. The molecule has 1 aliphatic heterocycles. The standard InChI is InChI=1S/C16H21F2N3O/c17-13-2-1-3-14(18)16(13)21-7-6-12(10-21)20-15(22)9-19-8-11-4-5-11/h1-3,11-12,19H,4-10H2,(H,20,22). The zero-order chi connectivity index (χ0) is 15.5. The molecule has 0 bridgehead atoms. The molecule has 1 saturated carbocycles. The van der Waals surface area contributed by atoms with E-state index in [1.54, 1.807) is 4.90 Å². The number of para-hydroxylation sites is 1. The summed E-state index contributed by atoms with van der Waals surface area (Å²) in [6.45, 7) is 2.18. The fourth-order valence-corrected chi connectivity index (χ4v) is 2.86. The Labute approximate surface area is 128 Å². The largest absolute Gasteiger partial charge is 0.365 e. The summed E-state index contributed by atoms with van der Waals surface area (Å²) in [6, 6.07) is 3.81. The number of anilines is 1. The van der Waals surface area contributed by atoms with Crippen LogP contribution >= 0.6 is 0 Å². The third-order valence-electron chi connectivity index (χ3n) is 4.22. The van der Waals surface area contributed by atoms with Gasteiger partial charge in [0.1, 0.15) is 17.3 Å². The second-order valence-corrected chi connectivity index (χ2v) is 6.14. The van der Waals surface area contributed by atoms with Gasteiger partial charge in [-0.25, -0.2) is 8.78 Å². The van der Waals surface area contributed by atoms with E-state index in [9.17, 15) is 13.6 Å². The van der Waals surface area contributed by atoms with Crippen LogP contribution in [0.4, 0.5) is 14.5 Å². The van der Waals surface area contributed by atoms with Gasteiger partial charge in [-0.1, -0.05) is 6.07 Å². The minimum atomic E-state index is -0.557. The predicted octanol–water partition coefficient (Wildman–Crippen LogP) is 1.66. The summed E-state index contributed by atoms with van der Waals surface area (Å²) in [5, 5.41) is 6.06. The van der Waals surface area contributed by atoms with Gasteiger partial charge in [-0.2, -0.15) is 0 Å². The van der Waals surface area contributed by atoms with Gasteiger partial charge in [-0.3, -0.25) is 4.79 Å². The molecule has 1 aromatic carbocycles. The normalized spacial score (nSPS) is 21.2. The molecule has 1 aromatic rings. The SMILES string of the molecule is O=C(CNCC1CC1)NC1CCN(c2c(F)cccc2F)C1. The predicted molar refractivity (Wildman–Crippen MR) is 80.7 cm³/mol. The number of hydrogen-bond acceptors (Lipinski definition) is 3. The lowest BCUT2D eigenvalue weighted by atomic mass is 10.2. The maximum atomic E-state index is 13.8. The van der Waals surface area contributed by atoms with Crippen LogP contribution in [-0.2, 0) is 4.79 Å². The van der Waals surface area contributed by atoms with E-state index in [4.69, 9.17) is 0 Å². The number of nitrogens with zero attached hydrogens (tertiary/aromatic N) is 1. The molecule has 6 heteroatoms. The highest BCUT2D eigenvalue weighted by atomic mass is 19.1. The number of carbonyl (C=O) groups excluding carboxylic acids is 1. The molecule has 4 nitrogen and oxygen atoms in total. The van der Waals surface area contributed by atoms with Crippen LogP contribution in [-0.4, -0.2) is 38.1 Å². The molecule has 1 heterocycles. The van der Waals surface area contributed by atoms with Crippen LogP contribution < -0.4 is 15.5 Å². The minimum Gasteiger partial charge on any atom is -0.365 e. The van der Waals surface area contributed by atoms with Crippen LogP contribution in [0.15, 0.2) is 18.2 Å². The molecule has 0 spiro atoms. The van der Waals surface area contributed by atoms with Crippen LogP contribution in [0.3, 0.4) is 0 Å². The molecule has 2 fully saturated rings. The Kier molecular flexibility index (Phi) is 4.57. The number of benzene rings is 1. The Hall–Kier alpha value is -1.69. The molecule has 3 rings (SSSR count). The van der Waals surface area contributed by atoms with Gasteiger partial charge in [-0.05, 0) is 43.9 Å². The zero-order valence-corrected chi connectivity index (χ0v) is 12.4. The monoisotopic (exact) mass is 309 g/mol. The molecular formula is C16H21F2N3O. The third-order valence-corrected chi connectivity index (χ3v) is 4.22. The van der Waals surface area contributed by atoms with Crippen molar-refractivity contribution in [1.29, 1.82) is 0 Å². The van der Waals surface area contributed by atoms with Gasteiger partial charge in [-0.15, -0.1) is 0 Å². The smallest absolute Gasteiger partial charge is 0.234 e. The Bertz CT molecular complexity index is 528. The van der Waals surface area contributed by atoms with E-state index in [1.807, 2.05) is 0 Å². The van der Waals surface area contributed by atoms with Gasteiger partial charge in [0.05, 0.1) is 6.54 Å². The third kappa shape index (κ3) is 3.74. The van der Waals surface area contributed by atoms with Crippen molar-refractivity contribution in [2.75, 3.05) is 31.1 Å². The number of carbonyl (C=O) groups is 1. The highest BCUT2D eigenvalue weighted by Crippen LogP contribution is 2.27. The highest BCUT2D eigenvalue weighted by Gasteiger charge is 2.27. The van der Waals surface area contributed by atoms with E-state index in [1.165, 1.54) is 31.0 Å². The van der Waals surface area contributed by atoms with E-state index < -0.39 is 11.6 Å². The molecule has 0 radical (unpaired) electrons. The summed E-state index contributed by atoms with van der Waals surface area (Å²) in [6.07, 6.45) is 3.20. The molecule has 2 aliphatic rings. The van der Waals surface area contributed by atoms with Crippen molar-refractivity contribution in [3.8, 4) is 0 Å². The number of rotatable bonds is 6. The van der Waals surface area contributed by atoms with Gasteiger partial charge in [0, 0.05) is 19.1 Å². The van der Waals surface area contributed by atoms with Crippen molar-refractivity contribution < 1.29 is 13.6 Å². The summed E-state index contributed by atoms with van der Waals surface area (Å²) in [5.41, 5.74) is 0.00565. The molecule has 0 aromatic heterocycles. The van der Waals surface area contributed by atoms with Crippen LogP contribution in [0.5, 0.6) is 0 Å². The Morgan fingerprint density at radius 3 is 2.64 bits per heavy atom. The first-order valence-electron chi connectivity index (χ1n) is 7.82. The lowest BCUT2D eigenvalue weighted by molar-refractivity contribution is -0.120. The maximum Gasteiger partial charge on any atom is 0.234 e. The van der Waals surface area contributed by atoms with E-state index >= 15 is 0 Å².